The normalized spacial score (nSPS) is 10.5. The van der Waals surface area contributed by atoms with Gasteiger partial charge in [0.05, 0.1) is 0 Å². The summed E-state index contributed by atoms with van der Waals surface area (Å²) in [5.74, 6) is 0. The Hall–Kier alpha value is -1.77. The molecule has 0 fully saturated rings. The summed E-state index contributed by atoms with van der Waals surface area (Å²) in [6.07, 6.45) is 0. The summed E-state index contributed by atoms with van der Waals surface area (Å²) in [6, 6.07) is 6.89. The van der Waals surface area contributed by atoms with Gasteiger partial charge in [-0.05, 0) is 18.6 Å². The number of rotatable bonds is 0. The van der Waals surface area contributed by atoms with Gasteiger partial charge in [-0.1, -0.05) is 12.1 Å². The van der Waals surface area contributed by atoms with Crippen LogP contribution in [0.4, 0.5) is 5.69 Å². The standard InChI is InChI=1S/C10H9NO2/c1-6-3-2-4-7-8(11)5-9(12)13-10(6)7/h2-5H,11H2,1H3. The molecule has 2 aromatic rings. The van der Waals surface area contributed by atoms with Crippen LogP contribution in [0.25, 0.3) is 11.0 Å². The highest BCUT2D eigenvalue weighted by molar-refractivity contribution is 5.90. The van der Waals surface area contributed by atoms with E-state index in [1.54, 1.807) is 0 Å². The zero-order valence-electron chi connectivity index (χ0n) is 7.20. The van der Waals surface area contributed by atoms with Crippen LogP contribution in [0.3, 0.4) is 0 Å². The number of fused-ring (bicyclic) bond motifs is 1. The van der Waals surface area contributed by atoms with Crippen molar-refractivity contribution in [1.82, 2.24) is 0 Å². The summed E-state index contributed by atoms with van der Waals surface area (Å²) in [4.78, 5) is 11.0. The molecule has 0 atom stereocenters. The lowest BCUT2D eigenvalue weighted by molar-refractivity contribution is 0.559. The van der Waals surface area contributed by atoms with Crippen LogP contribution in [0.15, 0.2) is 33.5 Å². The molecule has 0 unspecified atom stereocenters. The minimum atomic E-state index is -0.403. The van der Waals surface area contributed by atoms with Crippen molar-refractivity contribution < 1.29 is 4.42 Å². The Bertz CT molecular complexity index is 514. The van der Waals surface area contributed by atoms with Crippen LogP contribution in [0.2, 0.25) is 0 Å². The third-order valence-electron chi connectivity index (χ3n) is 2.00. The summed E-state index contributed by atoms with van der Waals surface area (Å²) in [5, 5.41) is 0.791. The summed E-state index contributed by atoms with van der Waals surface area (Å²) in [6.45, 7) is 1.88. The SMILES string of the molecule is Cc1cccc2c(N)cc(=O)oc12. The number of benzene rings is 1. The van der Waals surface area contributed by atoms with Gasteiger partial charge in [-0.25, -0.2) is 4.79 Å². The van der Waals surface area contributed by atoms with Crippen molar-refractivity contribution >= 4 is 16.7 Å². The maximum atomic E-state index is 11.0. The quantitative estimate of drug-likeness (QED) is 0.620. The molecule has 0 amide bonds. The van der Waals surface area contributed by atoms with E-state index in [-0.39, 0.29) is 0 Å². The Morgan fingerprint density at radius 2 is 2.15 bits per heavy atom. The molecule has 0 aliphatic rings. The Kier molecular flexibility index (Phi) is 1.59. The van der Waals surface area contributed by atoms with Gasteiger partial charge in [-0.3, -0.25) is 0 Å². The van der Waals surface area contributed by atoms with Crippen molar-refractivity contribution in [3.63, 3.8) is 0 Å². The minimum Gasteiger partial charge on any atom is -0.422 e. The fraction of sp³-hybridized carbons (Fsp3) is 0.100. The van der Waals surface area contributed by atoms with E-state index in [9.17, 15) is 4.79 Å². The summed E-state index contributed by atoms with van der Waals surface area (Å²) in [5.41, 5.74) is 7.22. The fourth-order valence-electron chi connectivity index (χ4n) is 1.35. The van der Waals surface area contributed by atoms with E-state index in [0.717, 1.165) is 10.9 Å². The van der Waals surface area contributed by atoms with Gasteiger partial charge in [-0.2, -0.15) is 0 Å². The molecule has 13 heavy (non-hydrogen) atoms. The second-order valence-electron chi connectivity index (χ2n) is 2.97. The number of nitrogens with two attached hydrogens (primary N) is 1. The Labute approximate surface area is 74.8 Å². The number of para-hydroxylation sites is 1. The average molecular weight is 175 g/mol. The van der Waals surface area contributed by atoms with Crippen molar-refractivity contribution in [3.05, 3.63) is 40.2 Å². The molecule has 1 heterocycles. The molecule has 2 rings (SSSR count). The maximum absolute atomic E-state index is 11.0. The number of anilines is 1. The molecule has 0 aliphatic heterocycles. The van der Waals surface area contributed by atoms with E-state index < -0.39 is 5.63 Å². The molecule has 3 nitrogen and oxygen atoms in total. The maximum Gasteiger partial charge on any atom is 0.338 e. The van der Waals surface area contributed by atoms with Gasteiger partial charge in [-0.15, -0.1) is 0 Å². The van der Waals surface area contributed by atoms with Crippen molar-refractivity contribution in [1.29, 1.82) is 0 Å². The van der Waals surface area contributed by atoms with Crippen LogP contribution in [-0.4, -0.2) is 0 Å². The molecule has 1 aromatic heterocycles. The zero-order chi connectivity index (χ0) is 9.42. The lowest BCUT2D eigenvalue weighted by Gasteiger charge is -2.01. The molecule has 0 saturated carbocycles. The molecule has 0 bridgehead atoms. The molecule has 1 aromatic carbocycles. The average Bonchev–Trinajstić information content (AvgIpc) is 2.07. The van der Waals surface area contributed by atoms with Crippen LogP contribution in [0.5, 0.6) is 0 Å². The van der Waals surface area contributed by atoms with E-state index in [1.165, 1.54) is 6.07 Å². The molecule has 3 heteroatoms. The van der Waals surface area contributed by atoms with Crippen molar-refractivity contribution in [3.8, 4) is 0 Å². The first-order chi connectivity index (χ1) is 6.18. The molecule has 0 spiro atoms. The third kappa shape index (κ3) is 1.18. The van der Waals surface area contributed by atoms with Crippen LogP contribution < -0.4 is 11.4 Å². The van der Waals surface area contributed by atoms with Crippen LogP contribution in [0.1, 0.15) is 5.56 Å². The minimum absolute atomic E-state index is 0.403. The predicted octanol–water partition coefficient (Wildman–Crippen LogP) is 1.68. The first-order valence-electron chi connectivity index (χ1n) is 3.97. The van der Waals surface area contributed by atoms with E-state index in [1.807, 2.05) is 25.1 Å². The van der Waals surface area contributed by atoms with Crippen molar-refractivity contribution in [2.45, 2.75) is 6.92 Å². The lowest BCUT2D eigenvalue weighted by Crippen LogP contribution is -2.00. The Morgan fingerprint density at radius 1 is 1.38 bits per heavy atom. The van der Waals surface area contributed by atoms with E-state index in [4.69, 9.17) is 10.2 Å². The Balaban J connectivity index is 3.03. The van der Waals surface area contributed by atoms with E-state index >= 15 is 0 Å². The van der Waals surface area contributed by atoms with Gasteiger partial charge < -0.3 is 10.2 Å². The van der Waals surface area contributed by atoms with Gasteiger partial charge in [0.15, 0.2) is 0 Å². The van der Waals surface area contributed by atoms with Gasteiger partial charge in [0.25, 0.3) is 0 Å². The molecule has 0 aliphatic carbocycles. The van der Waals surface area contributed by atoms with Crippen molar-refractivity contribution in [2.75, 3.05) is 5.73 Å². The van der Waals surface area contributed by atoms with Gasteiger partial charge in [0, 0.05) is 17.1 Å². The second kappa shape index (κ2) is 2.62. The summed E-state index contributed by atoms with van der Waals surface area (Å²) in [7, 11) is 0. The molecule has 0 saturated heterocycles. The highest BCUT2D eigenvalue weighted by Crippen LogP contribution is 2.21. The van der Waals surface area contributed by atoms with Crippen molar-refractivity contribution in [2.24, 2.45) is 0 Å². The highest BCUT2D eigenvalue weighted by Gasteiger charge is 2.03. The van der Waals surface area contributed by atoms with E-state index in [0.29, 0.717) is 11.3 Å². The van der Waals surface area contributed by atoms with Gasteiger partial charge in [0.2, 0.25) is 0 Å². The van der Waals surface area contributed by atoms with Crippen LogP contribution >= 0.6 is 0 Å². The monoisotopic (exact) mass is 175 g/mol. The summed E-state index contributed by atoms with van der Waals surface area (Å²) >= 11 is 0. The summed E-state index contributed by atoms with van der Waals surface area (Å²) < 4.78 is 5.04. The van der Waals surface area contributed by atoms with Crippen LogP contribution in [0, 0.1) is 6.92 Å². The molecule has 66 valence electrons. The van der Waals surface area contributed by atoms with Gasteiger partial charge >= 0.3 is 5.63 Å². The molecule has 2 N–H and O–H groups in total. The predicted molar refractivity (Wildman–Crippen MR) is 51.6 cm³/mol. The molecule has 0 radical (unpaired) electrons. The third-order valence-corrected chi connectivity index (χ3v) is 2.00. The van der Waals surface area contributed by atoms with Gasteiger partial charge in [0.1, 0.15) is 5.58 Å². The number of aryl methyl sites for hydroxylation is 1. The Morgan fingerprint density at radius 3 is 2.92 bits per heavy atom. The zero-order valence-corrected chi connectivity index (χ0v) is 7.20. The number of hydrogen-bond donors (Lipinski definition) is 1. The second-order valence-corrected chi connectivity index (χ2v) is 2.97. The van der Waals surface area contributed by atoms with E-state index in [2.05, 4.69) is 0 Å². The topological polar surface area (TPSA) is 56.2 Å². The lowest BCUT2D eigenvalue weighted by atomic mass is 10.1. The first kappa shape index (κ1) is 7.86. The number of nitrogen functional groups attached to an aromatic ring is 1. The smallest absolute Gasteiger partial charge is 0.338 e. The highest BCUT2D eigenvalue weighted by atomic mass is 16.4. The number of hydrogen-bond acceptors (Lipinski definition) is 3. The molecular weight excluding hydrogens is 166 g/mol. The first-order valence-corrected chi connectivity index (χ1v) is 3.97. The fourth-order valence-corrected chi connectivity index (χ4v) is 1.35. The molecular formula is C10H9NO2. The van der Waals surface area contributed by atoms with Crippen LogP contribution in [-0.2, 0) is 0 Å². The largest absolute Gasteiger partial charge is 0.422 e.